The first kappa shape index (κ1) is 22.0. The molecule has 1 saturated heterocycles. The molecule has 2 aromatic rings. The van der Waals surface area contributed by atoms with Gasteiger partial charge < -0.3 is 9.80 Å². The van der Waals surface area contributed by atoms with Gasteiger partial charge in [-0.05, 0) is 54.0 Å². The highest BCUT2D eigenvalue weighted by Gasteiger charge is 2.43. The summed E-state index contributed by atoms with van der Waals surface area (Å²) in [6, 6.07) is 12.5. The molecule has 2 heterocycles. The lowest BCUT2D eigenvalue weighted by molar-refractivity contribution is -0.146. The van der Waals surface area contributed by atoms with Crippen LogP contribution in [-0.4, -0.2) is 53.8 Å². The van der Waals surface area contributed by atoms with Crippen molar-refractivity contribution in [3.05, 3.63) is 54.4 Å². The number of rotatable bonds is 6. The van der Waals surface area contributed by atoms with Crippen LogP contribution >= 0.6 is 0 Å². The number of hydrogen-bond acceptors (Lipinski definition) is 3. The van der Waals surface area contributed by atoms with Crippen LogP contribution in [0.15, 0.2) is 48.8 Å². The minimum atomic E-state index is -0.448. The van der Waals surface area contributed by atoms with Gasteiger partial charge in [0.05, 0.1) is 5.41 Å². The highest BCUT2D eigenvalue weighted by atomic mass is 16.2. The first-order valence-corrected chi connectivity index (χ1v) is 10.8. The highest BCUT2D eigenvalue weighted by Crippen LogP contribution is 2.37. The zero-order chi connectivity index (χ0) is 21.7. The fourth-order valence-corrected chi connectivity index (χ4v) is 4.35. The van der Waals surface area contributed by atoms with Gasteiger partial charge in [-0.3, -0.25) is 14.6 Å². The second kappa shape index (κ2) is 9.41. The predicted molar refractivity (Wildman–Crippen MR) is 120 cm³/mol. The molecule has 0 aliphatic carbocycles. The fraction of sp³-hybridized carbons (Fsp3) is 0.480. The van der Waals surface area contributed by atoms with Crippen molar-refractivity contribution in [2.24, 2.45) is 11.3 Å². The first-order chi connectivity index (χ1) is 14.3. The van der Waals surface area contributed by atoms with Crippen molar-refractivity contribution >= 4 is 11.8 Å². The average molecular weight is 408 g/mol. The first-order valence-electron chi connectivity index (χ1n) is 10.8. The zero-order valence-electron chi connectivity index (χ0n) is 18.6. The zero-order valence-corrected chi connectivity index (χ0v) is 18.6. The van der Waals surface area contributed by atoms with Crippen LogP contribution in [0, 0.1) is 11.3 Å². The SMILES string of the molecule is CC(C)CC(=O)N1CCC(Cc2ccc(-c3ccncc3)cc2)(C(=O)N(C)C)CC1. The molecule has 0 radical (unpaired) electrons. The van der Waals surface area contributed by atoms with Gasteiger partial charge in [0.2, 0.25) is 11.8 Å². The van der Waals surface area contributed by atoms with Crippen LogP contribution in [-0.2, 0) is 16.0 Å². The van der Waals surface area contributed by atoms with E-state index in [1.807, 2.05) is 31.1 Å². The van der Waals surface area contributed by atoms with Gasteiger partial charge >= 0.3 is 0 Å². The summed E-state index contributed by atoms with van der Waals surface area (Å²) in [5.41, 5.74) is 2.98. The van der Waals surface area contributed by atoms with Gasteiger partial charge in [-0.2, -0.15) is 0 Å². The van der Waals surface area contributed by atoms with E-state index in [0.717, 1.165) is 16.7 Å². The average Bonchev–Trinajstić information content (AvgIpc) is 2.74. The van der Waals surface area contributed by atoms with Gasteiger partial charge in [0.1, 0.15) is 0 Å². The maximum absolute atomic E-state index is 13.2. The van der Waals surface area contributed by atoms with Crippen molar-refractivity contribution in [2.45, 2.75) is 39.5 Å². The van der Waals surface area contributed by atoms with E-state index < -0.39 is 5.41 Å². The monoisotopic (exact) mass is 407 g/mol. The molecule has 1 fully saturated rings. The van der Waals surface area contributed by atoms with Gasteiger partial charge in [-0.25, -0.2) is 0 Å². The lowest BCUT2D eigenvalue weighted by Gasteiger charge is -2.42. The van der Waals surface area contributed by atoms with E-state index in [-0.39, 0.29) is 11.8 Å². The second-order valence-corrected chi connectivity index (χ2v) is 9.07. The van der Waals surface area contributed by atoms with Gasteiger partial charge in [-0.1, -0.05) is 38.1 Å². The summed E-state index contributed by atoms with van der Waals surface area (Å²) in [6.45, 7) is 5.44. The fourth-order valence-electron chi connectivity index (χ4n) is 4.35. The van der Waals surface area contributed by atoms with Crippen molar-refractivity contribution in [3.8, 4) is 11.1 Å². The Balaban J connectivity index is 1.75. The van der Waals surface area contributed by atoms with Gasteiger partial charge in [-0.15, -0.1) is 0 Å². The van der Waals surface area contributed by atoms with E-state index in [1.54, 1.807) is 17.3 Å². The molecular weight excluding hydrogens is 374 g/mol. The smallest absolute Gasteiger partial charge is 0.228 e. The Labute approximate surface area is 180 Å². The summed E-state index contributed by atoms with van der Waals surface area (Å²) in [6.07, 6.45) is 6.28. The number of amides is 2. The normalized spacial score (nSPS) is 15.8. The molecule has 0 bridgehead atoms. The Morgan fingerprint density at radius 2 is 1.57 bits per heavy atom. The van der Waals surface area contributed by atoms with Crippen LogP contribution in [0.5, 0.6) is 0 Å². The molecule has 1 aromatic heterocycles. The summed E-state index contributed by atoms with van der Waals surface area (Å²) >= 11 is 0. The maximum atomic E-state index is 13.2. The molecular formula is C25H33N3O2. The highest BCUT2D eigenvalue weighted by molar-refractivity contribution is 5.83. The number of carbonyl (C=O) groups excluding carboxylic acids is 2. The van der Waals surface area contributed by atoms with Crippen LogP contribution in [0.3, 0.4) is 0 Å². The van der Waals surface area contributed by atoms with E-state index in [2.05, 4.69) is 43.1 Å². The van der Waals surface area contributed by atoms with Crippen molar-refractivity contribution in [3.63, 3.8) is 0 Å². The molecule has 1 aliphatic heterocycles. The minimum Gasteiger partial charge on any atom is -0.348 e. The summed E-state index contributed by atoms with van der Waals surface area (Å²) in [5.74, 6) is 0.723. The number of benzene rings is 1. The lowest BCUT2D eigenvalue weighted by Crippen LogP contribution is -2.51. The predicted octanol–water partition coefficient (Wildman–Crippen LogP) is 4.03. The minimum absolute atomic E-state index is 0.164. The van der Waals surface area contributed by atoms with Crippen LogP contribution in [0.1, 0.15) is 38.7 Å². The van der Waals surface area contributed by atoms with E-state index in [0.29, 0.717) is 44.7 Å². The Bertz CT molecular complexity index is 852. The number of aromatic nitrogens is 1. The molecule has 1 aromatic carbocycles. The standard InChI is InChI=1S/C25H33N3O2/c1-19(2)17-23(29)28-15-11-25(12-16-28,24(30)27(3)4)18-20-5-7-21(8-6-20)22-9-13-26-14-10-22/h5-10,13-14,19H,11-12,15-18H2,1-4H3. The third kappa shape index (κ3) is 5.07. The largest absolute Gasteiger partial charge is 0.348 e. The Morgan fingerprint density at radius 3 is 2.10 bits per heavy atom. The Hall–Kier alpha value is -2.69. The third-order valence-electron chi connectivity index (χ3n) is 6.03. The Morgan fingerprint density at radius 1 is 1.00 bits per heavy atom. The number of pyridine rings is 1. The molecule has 5 heteroatoms. The van der Waals surface area contributed by atoms with Crippen molar-refractivity contribution < 1.29 is 9.59 Å². The molecule has 2 amide bonds. The summed E-state index contributed by atoms with van der Waals surface area (Å²) in [5, 5.41) is 0. The molecule has 0 saturated carbocycles. The number of piperidine rings is 1. The van der Waals surface area contributed by atoms with Crippen molar-refractivity contribution in [2.75, 3.05) is 27.2 Å². The summed E-state index contributed by atoms with van der Waals surface area (Å²) in [7, 11) is 3.65. The second-order valence-electron chi connectivity index (χ2n) is 9.07. The van der Waals surface area contributed by atoms with Crippen LogP contribution < -0.4 is 0 Å². The van der Waals surface area contributed by atoms with Crippen molar-refractivity contribution in [1.82, 2.24) is 14.8 Å². The summed E-state index contributed by atoms with van der Waals surface area (Å²) < 4.78 is 0. The number of likely N-dealkylation sites (tertiary alicyclic amines) is 1. The van der Waals surface area contributed by atoms with Crippen LogP contribution in [0.2, 0.25) is 0 Å². The number of nitrogens with zero attached hydrogens (tertiary/aromatic N) is 3. The lowest BCUT2D eigenvalue weighted by atomic mass is 9.72. The maximum Gasteiger partial charge on any atom is 0.228 e. The molecule has 0 N–H and O–H groups in total. The van der Waals surface area contributed by atoms with Crippen molar-refractivity contribution in [1.29, 1.82) is 0 Å². The molecule has 3 rings (SSSR count). The quantitative estimate of drug-likeness (QED) is 0.726. The molecule has 160 valence electrons. The van der Waals surface area contributed by atoms with E-state index in [1.165, 1.54) is 0 Å². The summed E-state index contributed by atoms with van der Waals surface area (Å²) in [4.78, 5) is 33.4. The van der Waals surface area contributed by atoms with E-state index in [4.69, 9.17) is 0 Å². The molecule has 0 unspecified atom stereocenters. The van der Waals surface area contributed by atoms with E-state index >= 15 is 0 Å². The molecule has 5 nitrogen and oxygen atoms in total. The number of hydrogen-bond donors (Lipinski definition) is 0. The van der Waals surface area contributed by atoms with E-state index in [9.17, 15) is 9.59 Å². The van der Waals surface area contributed by atoms with Crippen LogP contribution in [0.25, 0.3) is 11.1 Å². The third-order valence-corrected chi connectivity index (χ3v) is 6.03. The topological polar surface area (TPSA) is 53.5 Å². The Kier molecular flexibility index (Phi) is 6.91. The number of carbonyl (C=O) groups is 2. The van der Waals surface area contributed by atoms with Gasteiger partial charge in [0, 0.05) is 46.0 Å². The molecule has 30 heavy (non-hydrogen) atoms. The molecule has 0 spiro atoms. The molecule has 1 aliphatic rings. The van der Waals surface area contributed by atoms with Gasteiger partial charge in [0.25, 0.3) is 0 Å². The van der Waals surface area contributed by atoms with Crippen LogP contribution in [0.4, 0.5) is 0 Å². The molecule has 0 atom stereocenters. The van der Waals surface area contributed by atoms with Gasteiger partial charge in [0.15, 0.2) is 0 Å².